The number of carbonyl (C=O) groups is 1. The van der Waals surface area contributed by atoms with Crippen LogP contribution in [0.2, 0.25) is 15.1 Å². The van der Waals surface area contributed by atoms with E-state index in [1.165, 1.54) is 18.2 Å². The molecular formula is C16H14Cl3N3O3. The Morgan fingerprint density at radius 2 is 1.88 bits per heavy atom. The highest BCUT2D eigenvalue weighted by atomic mass is 35.5. The van der Waals surface area contributed by atoms with Crippen LogP contribution in [0.25, 0.3) is 0 Å². The van der Waals surface area contributed by atoms with Gasteiger partial charge in [0.1, 0.15) is 0 Å². The molecule has 2 aromatic rings. The van der Waals surface area contributed by atoms with E-state index in [-0.39, 0.29) is 29.2 Å². The second kappa shape index (κ2) is 8.49. The predicted octanol–water partition coefficient (Wildman–Crippen LogP) is 4.84. The quantitative estimate of drug-likeness (QED) is 0.534. The van der Waals surface area contributed by atoms with Crippen LogP contribution < -0.4 is 10.6 Å². The lowest BCUT2D eigenvalue weighted by Crippen LogP contribution is -2.30. The molecule has 0 unspecified atom stereocenters. The normalized spacial score (nSPS) is 11.8. The lowest BCUT2D eigenvalue weighted by atomic mass is 10.1. The van der Waals surface area contributed by atoms with Gasteiger partial charge >= 0.3 is 0 Å². The van der Waals surface area contributed by atoms with Gasteiger partial charge in [-0.1, -0.05) is 40.9 Å². The molecule has 0 spiro atoms. The van der Waals surface area contributed by atoms with Crippen LogP contribution in [0, 0.1) is 10.1 Å². The molecule has 0 bridgehead atoms. The molecule has 0 aliphatic rings. The first-order valence-corrected chi connectivity index (χ1v) is 8.33. The molecule has 2 rings (SSSR count). The van der Waals surface area contributed by atoms with Crippen LogP contribution in [-0.2, 0) is 4.79 Å². The Morgan fingerprint density at radius 3 is 2.48 bits per heavy atom. The molecule has 0 aliphatic heterocycles. The van der Waals surface area contributed by atoms with E-state index in [1.807, 2.05) is 6.92 Å². The fourth-order valence-electron chi connectivity index (χ4n) is 2.12. The van der Waals surface area contributed by atoms with Crippen LogP contribution in [0.15, 0.2) is 36.4 Å². The fraction of sp³-hybridized carbons (Fsp3) is 0.188. The Hall–Kier alpha value is -1.86. The zero-order valence-electron chi connectivity index (χ0n) is 13.1. The highest BCUT2D eigenvalue weighted by Crippen LogP contribution is 2.27. The third-order valence-corrected chi connectivity index (χ3v) is 4.31. The summed E-state index contributed by atoms with van der Waals surface area (Å²) in [6.45, 7) is 1.87. The summed E-state index contributed by atoms with van der Waals surface area (Å²) in [6, 6.07) is 8.80. The summed E-state index contributed by atoms with van der Waals surface area (Å²) in [5.41, 5.74) is 0.968. The number of halogens is 3. The van der Waals surface area contributed by atoms with Gasteiger partial charge in [-0.3, -0.25) is 14.9 Å². The van der Waals surface area contributed by atoms with Gasteiger partial charge in [0.05, 0.1) is 22.2 Å². The van der Waals surface area contributed by atoms with Gasteiger partial charge in [-0.15, -0.1) is 0 Å². The van der Waals surface area contributed by atoms with Crippen LogP contribution in [0.3, 0.4) is 0 Å². The third kappa shape index (κ3) is 5.31. The summed E-state index contributed by atoms with van der Waals surface area (Å²) in [5, 5.41) is 17.4. The van der Waals surface area contributed by atoms with E-state index in [0.29, 0.717) is 15.7 Å². The number of anilines is 1. The lowest BCUT2D eigenvalue weighted by molar-refractivity contribution is -0.384. The lowest BCUT2D eigenvalue weighted by Gasteiger charge is -2.16. The van der Waals surface area contributed by atoms with Gasteiger partial charge in [-0.25, -0.2) is 0 Å². The third-order valence-electron chi connectivity index (χ3n) is 3.44. The van der Waals surface area contributed by atoms with Crippen LogP contribution >= 0.6 is 34.8 Å². The number of nitrogens with zero attached hydrogens (tertiary/aromatic N) is 1. The molecular weight excluding hydrogens is 389 g/mol. The van der Waals surface area contributed by atoms with E-state index in [0.717, 1.165) is 5.56 Å². The second-order valence-electron chi connectivity index (χ2n) is 5.24. The van der Waals surface area contributed by atoms with Crippen LogP contribution in [0.1, 0.15) is 18.5 Å². The summed E-state index contributed by atoms with van der Waals surface area (Å²) in [4.78, 5) is 22.2. The van der Waals surface area contributed by atoms with Crippen molar-refractivity contribution < 1.29 is 9.72 Å². The van der Waals surface area contributed by atoms with Gasteiger partial charge in [0, 0.05) is 28.2 Å². The SMILES string of the molecule is C[C@H](NCC(=O)Nc1ccc([N+](=O)[O-])cc1Cl)c1ccc(Cl)cc1Cl. The molecule has 0 radical (unpaired) electrons. The van der Waals surface area contributed by atoms with Crippen molar-refractivity contribution in [2.75, 3.05) is 11.9 Å². The molecule has 0 saturated heterocycles. The zero-order valence-corrected chi connectivity index (χ0v) is 15.3. The summed E-state index contributed by atoms with van der Waals surface area (Å²) in [7, 11) is 0. The van der Waals surface area contributed by atoms with Crippen molar-refractivity contribution in [3.05, 3.63) is 67.1 Å². The largest absolute Gasteiger partial charge is 0.324 e. The molecule has 0 fully saturated rings. The van der Waals surface area contributed by atoms with Crippen molar-refractivity contribution >= 4 is 52.1 Å². The number of nitro groups is 1. The Labute approximate surface area is 159 Å². The van der Waals surface area contributed by atoms with Gasteiger partial charge < -0.3 is 10.6 Å². The molecule has 2 N–H and O–H groups in total. The Bertz CT molecular complexity index is 814. The first kappa shape index (κ1) is 19.5. The van der Waals surface area contributed by atoms with Crippen molar-refractivity contribution in [3.8, 4) is 0 Å². The number of nitrogens with one attached hydrogen (secondary N) is 2. The van der Waals surface area contributed by atoms with Crippen molar-refractivity contribution in [3.63, 3.8) is 0 Å². The summed E-state index contributed by atoms with van der Waals surface area (Å²) < 4.78 is 0. The molecule has 6 nitrogen and oxygen atoms in total. The number of rotatable bonds is 6. The highest BCUT2D eigenvalue weighted by molar-refractivity contribution is 6.35. The average Bonchev–Trinajstić information content (AvgIpc) is 2.54. The van der Waals surface area contributed by atoms with Crippen molar-refractivity contribution in [1.82, 2.24) is 5.32 Å². The first-order valence-electron chi connectivity index (χ1n) is 7.20. The van der Waals surface area contributed by atoms with Crippen LogP contribution in [0.5, 0.6) is 0 Å². The van der Waals surface area contributed by atoms with Gasteiger partial charge in [0.2, 0.25) is 5.91 Å². The number of non-ortho nitro benzene ring substituents is 1. The maximum absolute atomic E-state index is 12.0. The Balaban J connectivity index is 1.95. The van der Waals surface area contributed by atoms with Gasteiger partial charge in [0.25, 0.3) is 5.69 Å². The first-order chi connectivity index (χ1) is 11.8. The molecule has 132 valence electrons. The Morgan fingerprint density at radius 1 is 1.16 bits per heavy atom. The number of benzene rings is 2. The van der Waals surface area contributed by atoms with E-state index in [9.17, 15) is 14.9 Å². The van der Waals surface area contributed by atoms with Crippen molar-refractivity contribution in [2.45, 2.75) is 13.0 Å². The van der Waals surface area contributed by atoms with Crippen molar-refractivity contribution in [2.24, 2.45) is 0 Å². The smallest absolute Gasteiger partial charge is 0.271 e. The molecule has 1 atom stereocenters. The zero-order chi connectivity index (χ0) is 18.6. The minimum absolute atomic E-state index is 0.00738. The number of nitro benzene ring substituents is 1. The molecule has 0 aliphatic carbocycles. The number of hydrogen-bond acceptors (Lipinski definition) is 4. The van der Waals surface area contributed by atoms with E-state index < -0.39 is 4.92 Å². The van der Waals surface area contributed by atoms with Gasteiger partial charge in [-0.05, 0) is 30.7 Å². The molecule has 0 heterocycles. The molecule has 25 heavy (non-hydrogen) atoms. The molecule has 0 saturated carbocycles. The average molecular weight is 403 g/mol. The Kier molecular flexibility index (Phi) is 6.61. The van der Waals surface area contributed by atoms with E-state index in [1.54, 1.807) is 18.2 Å². The predicted molar refractivity (Wildman–Crippen MR) is 99.6 cm³/mol. The fourth-order valence-corrected chi connectivity index (χ4v) is 2.92. The summed E-state index contributed by atoms with van der Waals surface area (Å²) in [5.74, 6) is -0.340. The number of amides is 1. The maximum Gasteiger partial charge on any atom is 0.271 e. The van der Waals surface area contributed by atoms with Crippen LogP contribution in [0.4, 0.5) is 11.4 Å². The molecule has 1 amide bonds. The molecule has 9 heteroatoms. The van der Waals surface area contributed by atoms with Gasteiger partial charge in [0.15, 0.2) is 0 Å². The van der Waals surface area contributed by atoms with Gasteiger partial charge in [-0.2, -0.15) is 0 Å². The summed E-state index contributed by atoms with van der Waals surface area (Å²) in [6.07, 6.45) is 0. The molecule has 0 aromatic heterocycles. The number of hydrogen-bond donors (Lipinski definition) is 2. The monoisotopic (exact) mass is 401 g/mol. The van der Waals surface area contributed by atoms with E-state index in [4.69, 9.17) is 34.8 Å². The van der Waals surface area contributed by atoms with Crippen molar-refractivity contribution in [1.29, 1.82) is 0 Å². The standard InChI is InChI=1S/C16H14Cl3N3O3/c1-9(12-4-2-10(17)6-13(12)18)20-8-16(23)21-15-5-3-11(22(24)25)7-14(15)19/h2-7,9,20H,8H2,1H3,(H,21,23)/t9-/m0/s1. The van der Waals surface area contributed by atoms with Crippen LogP contribution in [-0.4, -0.2) is 17.4 Å². The van der Waals surface area contributed by atoms with E-state index in [2.05, 4.69) is 10.6 Å². The minimum atomic E-state index is -0.559. The number of carbonyl (C=O) groups excluding carboxylic acids is 1. The summed E-state index contributed by atoms with van der Waals surface area (Å²) >= 11 is 17.9. The van der Waals surface area contributed by atoms with E-state index >= 15 is 0 Å². The maximum atomic E-state index is 12.0. The second-order valence-corrected chi connectivity index (χ2v) is 6.49. The molecule has 2 aromatic carbocycles. The minimum Gasteiger partial charge on any atom is -0.324 e. The highest BCUT2D eigenvalue weighted by Gasteiger charge is 2.14. The topological polar surface area (TPSA) is 84.3 Å².